The quantitative estimate of drug-likeness (QED) is 0.777. The van der Waals surface area contributed by atoms with Crippen molar-refractivity contribution in [1.29, 1.82) is 0 Å². The SMILES string of the molecule is CC(N)C(=O)c1cccc(Cl)c1.Cl. The van der Waals surface area contributed by atoms with Crippen LogP contribution in [0.5, 0.6) is 0 Å². The maximum atomic E-state index is 11.3. The summed E-state index contributed by atoms with van der Waals surface area (Å²) in [5.41, 5.74) is 5.99. The molecule has 4 heteroatoms. The lowest BCUT2D eigenvalue weighted by Gasteiger charge is -2.03. The first-order valence-corrected chi connectivity index (χ1v) is 4.04. The van der Waals surface area contributed by atoms with Crippen molar-refractivity contribution in [3.63, 3.8) is 0 Å². The molecule has 0 heterocycles. The molecule has 0 fully saturated rings. The van der Waals surface area contributed by atoms with E-state index >= 15 is 0 Å². The molecule has 0 bridgehead atoms. The zero-order chi connectivity index (χ0) is 9.14. The van der Waals surface area contributed by atoms with Crippen LogP contribution in [0.4, 0.5) is 0 Å². The van der Waals surface area contributed by atoms with Crippen LogP contribution in [0.15, 0.2) is 24.3 Å². The number of hydrogen-bond acceptors (Lipinski definition) is 2. The highest BCUT2D eigenvalue weighted by Gasteiger charge is 2.09. The molecule has 1 aromatic carbocycles. The van der Waals surface area contributed by atoms with Crippen molar-refractivity contribution < 1.29 is 4.79 Å². The summed E-state index contributed by atoms with van der Waals surface area (Å²) >= 11 is 5.70. The highest BCUT2D eigenvalue weighted by atomic mass is 35.5. The van der Waals surface area contributed by atoms with E-state index in [1.165, 1.54) is 0 Å². The minimum absolute atomic E-state index is 0. The fourth-order valence-electron chi connectivity index (χ4n) is 0.905. The number of nitrogens with two attached hydrogens (primary N) is 1. The number of ketones is 1. The van der Waals surface area contributed by atoms with Crippen LogP contribution in [0.25, 0.3) is 0 Å². The maximum Gasteiger partial charge on any atom is 0.179 e. The van der Waals surface area contributed by atoms with Gasteiger partial charge in [-0.25, -0.2) is 0 Å². The van der Waals surface area contributed by atoms with Crippen LogP contribution in [0.1, 0.15) is 17.3 Å². The largest absolute Gasteiger partial charge is 0.321 e. The van der Waals surface area contributed by atoms with Gasteiger partial charge >= 0.3 is 0 Å². The number of rotatable bonds is 2. The van der Waals surface area contributed by atoms with E-state index in [-0.39, 0.29) is 18.2 Å². The smallest absolute Gasteiger partial charge is 0.179 e. The molecule has 0 aliphatic heterocycles. The van der Waals surface area contributed by atoms with Crippen molar-refractivity contribution in [2.45, 2.75) is 13.0 Å². The van der Waals surface area contributed by atoms with E-state index < -0.39 is 6.04 Å². The zero-order valence-electron chi connectivity index (χ0n) is 7.16. The van der Waals surface area contributed by atoms with Gasteiger partial charge in [-0.05, 0) is 19.1 Å². The summed E-state index contributed by atoms with van der Waals surface area (Å²) in [6.45, 7) is 1.66. The molecule has 1 unspecified atom stereocenters. The second kappa shape index (κ2) is 5.22. The van der Waals surface area contributed by atoms with Gasteiger partial charge in [0.25, 0.3) is 0 Å². The lowest BCUT2D eigenvalue weighted by atomic mass is 10.1. The monoisotopic (exact) mass is 219 g/mol. The Bertz CT molecular complexity index is 299. The molecule has 0 aromatic heterocycles. The third-order valence-corrected chi connectivity index (χ3v) is 1.76. The van der Waals surface area contributed by atoms with Crippen molar-refractivity contribution in [3.05, 3.63) is 34.9 Å². The number of Topliss-reactive ketones (excluding diaryl/α,β-unsaturated/α-hetero) is 1. The third kappa shape index (κ3) is 3.35. The van der Waals surface area contributed by atoms with E-state index in [9.17, 15) is 4.79 Å². The summed E-state index contributed by atoms with van der Waals surface area (Å²) in [6, 6.07) is 6.31. The van der Waals surface area contributed by atoms with Crippen LogP contribution in [0.2, 0.25) is 5.02 Å². The summed E-state index contributed by atoms with van der Waals surface area (Å²) in [7, 11) is 0. The molecule has 0 spiro atoms. The van der Waals surface area contributed by atoms with Crippen molar-refractivity contribution in [2.24, 2.45) is 5.73 Å². The Kier molecular flexibility index (Phi) is 4.99. The van der Waals surface area contributed by atoms with E-state index in [1.54, 1.807) is 31.2 Å². The summed E-state index contributed by atoms with van der Waals surface area (Å²) in [5, 5.41) is 0.557. The fraction of sp³-hybridized carbons (Fsp3) is 0.222. The van der Waals surface area contributed by atoms with E-state index in [0.29, 0.717) is 10.6 Å². The molecular weight excluding hydrogens is 209 g/mol. The lowest BCUT2D eigenvalue weighted by molar-refractivity contribution is 0.0968. The summed E-state index contributed by atoms with van der Waals surface area (Å²) < 4.78 is 0. The molecule has 0 amide bonds. The molecule has 2 nitrogen and oxygen atoms in total. The number of hydrogen-bond donors (Lipinski definition) is 1. The van der Waals surface area contributed by atoms with Gasteiger partial charge in [-0.2, -0.15) is 0 Å². The molecule has 72 valence electrons. The van der Waals surface area contributed by atoms with Gasteiger partial charge in [0.15, 0.2) is 5.78 Å². The van der Waals surface area contributed by atoms with Gasteiger partial charge in [0.05, 0.1) is 6.04 Å². The molecule has 0 radical (unpaired) electrons. The first-order valence-electron chi connectivity index (χ1n) is 3.66. The Hall–Kier alpha value is -0.570. The summed E-state index contributed by atoms with van der Waals surface area (Å²) in [4.78, 5) is 11.3. The Morgan fingerprint density at radius 3 is 2.62 bits per heavy atom. The molecular formula is C9H11Cl2NO. The van der Waals surface area contributed by atoms with Crippen LogP contribution in [0, 0.1) is 0 Å². The van der Waals surface area contributed by atoms with Gasteiger partial charge in [-0.3, -0.25) is 4.79 Å². The minimum atomic E-state index is -0.469. The highest BCUT2D eigenvalue weighted by molar-refractivity contribution is 6.31. The second-order valence-corrected chi connectivity index (χ2v) is 3.10. The van der Waals surface area contributed by atoms with Crippen molar-refractivity contribution in [3.8, 4) is 0 Å². The molecule has 0 aliphatic carbocycles. The summed E-state index contributed by atoms with van der Waals surface area (Å²) in [5.74, 6) is -0.0856. The van der Waals surface area contributed by atoms with Crippen molar-refractivity contribution >= 4 is 29.8 Å². The van der Waals surface area contributed by atoms with Gasteiger partial charge in [-0.15, -0.1) is 12.4 Å². The minimum Gasteiger partial charge on any atom is -0.321 e. The topological polar surface area (TPSA) is 43.1 Å². The number of benzene rings is 1. The molecule has 2 N–H and O–H groups in total. The molecule has 1 atom stereocenters. The molecule has 1 aromatic rings. The van der Waals surface area contributed by atoms with Crippen molar-refractivity contribution in [2.75, 3.05) is 0 Å². The highest BCUT2D eigenvalue weighted by Crippen LogP contribution is 2.11. The number of halogens is 2. The molecule has 13 heavy (non-hydrogen) atoms. The van der Waals surface area contributed by atoms with E-state index in [2.05, 4.69) is 0 Å². The third-order valence-electron chi connectivity index (χ3n) is 1.52. The Balaban J connectivity index is 0.00000144. The fourth-order valence-corrected chi connectivity index (χ4v) is 1.09. The lowest BCUT2D eigenvalue weighted by Crippen LogP contribution is -2.26. The van der Waals surface area contributed by atoms with Crippen LogP contribution < -0.4 is 5.73 Å². The first-order chi connectivity index (χ1) is 5.61. The zero-order valence-corrected chi connectivity index (χ0v) is 8.73. The van der Waals surface area contributed by atoms with E-state index in [0.717, 1.165) is 0 Å². The first kappa shape index (κ1) is 12.4. The number of carbonyl (C=O) groups is 1. The predicted molar refractivity (Wildman–Crippen MR) is 56.7 cm³/mol. The van der Waals surface area contributed by atoms with Crippen LogP contribution >= 0.6 is 24.0 Å². The Morgan fingerprint density at radius 2 is 2.15 bits per heavy atom. The van der Waals surface area contributed by atoms with Crippen LogP contribution in [-0.4, -0.2) is 11.8 Å². The van der Waals surface area contributed by atoms with Gasteiger partial charge in [0.1, 0.15) is 0 Å². The Morgan fingerprint density at radius 1 is 1.54 bits per heavy atom. The molecule has 0 saturated carbocycles. The molecule has 1 rings (SSSR count). The van der Waals surface area contributed by atoms with Crippen LogP contribution in [-0.2, 0) is 0 Å². The second-order valence-electron chi connectivity index (χ2n) is 2.66. The average molecular weight is 220 g/mol. The van der Waals surface area contributed by atoms with E-state index in [1.807, 2.05) is 0 Å². The van der Waals surface area contributed by atoms with Crippen molar-refractivity contribution in [1.82, 2.24) is 0 Å². The summed E-state index contributed by atoms with van der Waals surface area (Å²) in [6.07, 6.45) is 0. The standard InChI is InChI=1S/C9H10ClNO.ClH/c1-6(11)9(12)7-3-2-4-8(10)5-7;/h2-6H,11H2,1H3;1H. The number of carbonyl (C=O) groups excluding carboxylic acids is 1. The van der Waals surface area contributed by atoms with Gasteiger partial charge in [-0.1, -0.05) is 23.7 Å². The van der Waals surface area contributed by atoms with Gasteiger partial charge in [0, 0.05) is 10.6 Å². The van der Waals surface area contributed by atoms with Crippen LogP contribution in [0.3, 0.4) is 0 Å². The molecule has 0 saturated heterocycles. The predicted octanol–water partition coefficient (Wildman–Crippen LogP) is 2.29. The van der Waals surface area contributed by atoms with E-state index in [4.69, 9.17) is 17.3 Å². The maximum absolute atomic E-state index is 11.3. The normalized spacial score (nSPS) is 11.6. The average Bonchev–Trinajstić information content (AvgIpc) is 2.03. The Labute approximate surface area is 88.5 Å². The van der Waals surface area contributed by atoms with Gasteiger partial charge < -0.3 is 5.73 Å². The molecule has 0 aliphatic rings. The van der Waals surface area contributed by atoms with Gasteiger partial charge in [0.2, 0.25) is 0 Å².